The van der Waals surface area contributed by atoms with Crippen LogP contribution in [0.15, 0.2) is 18.3 Å². The van der Waals surface area contributed by atoms with Crippen LogP contribution in [-0.2, 0) is 4.79 Å². The molecular formula is C18H25N3O3. The minimum atomic E-state index is -0.294. The third-order valence-corrected chi connectivity index (χ3v) is 5.14. The lowest BCUT2D eigenvalue weighted by atomic mass is 9.93. The molecule has 6 nitrogen and oxygen atoms in total. The summed E-state index contributed by atoms with van der Waals surface area (Å²) in [4.78, 5) is 32.9. The van der Waals surface area contributed by atoms with Crippen LogP contribution in [0.3, 0.4) is 0 Å². The van der Waals surface area contributed by atoms with Crippen molar-refractivity contribution in [1.82, 2.24) is 14.8 Å². The molecule has 0 radical (unpaired) electrons. The number of carbonyl (C=O) groups is 2. The summed E-state index contributed by atoms with van der Waals surface area (Å²) in [6.07, 6.45) is 5.24. The van der Waals surface area contributed by atoms with E-state index in [4.69, 9.17) is 0 Å². The molecular weight excluding hydrogens is 306 g/mol. The van der Waals surface area contributed by atoms with Gasteiger partial charge in [-0.2, -0.15) is 0 Å². The third-order valence-electron chi connectivity index (χ3n) is 5.14. The molecule has 3 rings (SSSR count). The Labute approximate surface area is 142 Å². The van der Waals surface area contributed by atoms with E-state index < -0.39 is 0 Å². The van der Waals surface area contributed by atoms with Gasteiger partial charge in [-0.3, -0.25) is 9.59 Å². The molecule has 0 aromatic carbocycles. The standard InChI is InChI=1S/C18H25N3O3/c1-13-6-10-20(11-7-13)17(23)14-4-3-9-21(12-14)18(24)16-15(22)5-2-8-19-16/h2,5,8,13-14,22H,3-4,6-7,9-12H2,1H3/t14-/m0/s1. The van der Waals surface area contributed by atoms with Crippen LogP contribution < -0.4 is 0 Å². The highest BCUT2D eigenvalue weighted by atomic mass is 16.3. The van der Waals surface area contributed by atoms with Gasteiger partial charge in [0.1, 0.15) is 5.75 Å². The summed E-state index contributed by atoms with van der Waals surface area (Å²) in [5, 5.41) is 9.83. The van der Waals surface area contributed by atoms with Crippen molar-refractivity contribution in [1.29, 1.82) is 0 Å². The minimum Gasteiger partial charge on any atom is -0.505 e. The number of hydrogen-bond acceptors (Lipinski definition) is 4. The summed E-state index contributed by atoms with van der Waals surface area (Å²) >= 11 is 0. The highest BCUT2D eigenvalue weighted by molar-refractivity contribution is 5.95. The van der Waals surface area contributed by atoms with Gasteiger partial charge in [-0.25, -0.2) is 4.98 Å². The monoisotopic (exact) mass is 331 g/mol. The van der Waals surface area contributed by atoms with E-state index in [1.165, 1.54) is 12.3 Å². The molecule has 130 valence electrons. The Morgan fingerprint density at radius 2 is 1.92 bits per heavy atom. The molecule has 2 aliphatic heterocycles. The molecule has 0 saturated carbocycles. The molecule has 6 heteroatoms. The second kappa shape index (κ2) is 7.20. The maximum absolute atomic E-state index is 12.8. The van der Waals surface area contributed by atoms with Crippen LogP contribution in [0.5, 0.6) is 5.75 Å². The largest absolute Gasteiger partial charge is 0.505 e. The average molecular weight is 331 g/mol. The molecule has 2 saturated heterocycles. The second-order valence-electron chi connectivity index (χ2n) is 6.97. The topological polar surface area (TPSA) is 73.7 Å². The Kier molecular flexibility index (Phi) is 5.02. The quantitative estimate of drug-likeness (QED) is 0.898. The van der Waals surface area contributed by atoms with Gasteiger partial charge < -0.3 is 14.9 Å². The molecule has 2 aliphatic rings. The number of pyridine rings is 1. The third kappa shape index (κ3) is 3.52. The smallest absolute Gasteiger partial charge is 0.276 e. The molecule has 1 aromatic heterocycles. The van der Waals surface area contributed by atoms with Gasteiger partial charge in [0, 0.05) is 32.4 Å². The number of hydrogen-bond donors (Lipinski definition) is 1. The number of carbonyl (C=O) groups excluding carboxylic acids is 2. The number of aromatic hydroxyl groups is 1. The van der Waals surface area contributed by atoms with Gasteiger partial charge in [0.25, 0.3) is 5.91 Å². The van der Waals surface area contributed by atoms with E-state index in [9.17, 15) is 14.7 Å². The number of rotatable bonds is 2. The molecule has 0 aliphatic carbocycles. The number of likely N-dealkylation sites (tertiary alicyclic amines) is 2. The zero-order chi connectivity index (χ0) is 17.1. The Balaban J connectivity index is 1.65. The lowest BCUT2D eigenvalue weighted by Crippen LogP contribution is -2.48. The van der Waals surface area contributed by atoms with E-state index in [-0.39, 0.29) is 29.2 Å². The summed E-state index contributed by atoms with van der Waals surface area (Å²) < 4.78 is 0. The molecule has 0 unspecified atom stereocenters. The van der Waals surface area contributed by atoms with Crippen LogP contribution in [0, 0.1) is 11.8 Å². The Morgan fingerprint density at radius 3 is 2.62 bits per heavy atom. The van der Waals surface area contributed by atoms with Gasteiger partial charge in [0.05, 0.1) is 5.92 Å². The average Bonchev–Trinajstić information content (AvgIpc) is 2.62. The van der Waals surface area contributed by atoms with E-state index in [0.717, 1.165) is 38.8 Å². The van der Waals surface area contributed by atoms with Crippen molar-refractivity contribution in [2.75, 3.05) is 26.2 Å². The van der Waals surface area contributed by atoms with Crippen molar-refractivity contribution in [3.05, 3.63) is 24.0 Å². The second-order valence-corrected chi connectivity index (χ2v) is 6.97. The molecule has 2 fully saturated rings. The molecule has 3 heterocycles. The van der Waals surface area contributed by atoms with Crippen molar-refractivity contribution < 1.29 is 14.7 Å². The SMILES string of the molecule is CC1CCN(C(=O)[C@H]2CCCN(C(=O)c3ncccc3O)C2)CC1. The van der Waals surface area contributed by atoms with Gasteiger partial charge >= 0.3 is 0 Å². The molecule has 2 amide bonds. The fourth-order valence-electron chi connectivity index (χ4n) is 3.56. The van der Waals surface area contributed by atoms with Crippen LogP contribution in [0.2, 0.25) is 0 Å². The van der Waals surface area contributed by atoms with E-state index >= 15 is 0 Å². The van der Waals surface area contributed by atoms with Gasteiger partial charge in [0.15, 0.2) is 5.69 Å². The minimum absolute atomic E-state index is 0.0670. The first kappa shape index (κ1) is 16.7. The van der Waals surface area contributed by atoms with E-state index in [1.54, 1.807) is 11.0 Å². The molecule has 1 atom stereocenters. The van der Waals surface area contributed by atoms with Gasteiger partial charge in [-0.15, -0.1) is 0 Å². The first-order valence-corrected chi connectivity index (χ1v) is 8.78. The van der Waals surface area contributed by atoms with Gasteiger partial charge in [-0.1, -0.05) is 6.92 Å². The predicted molar refractivity (Wildman–Crippen MR) is 89.5 cm³/mol. The van der Waals surface area contributed by atoms with Crippen molar-refractivity contribution in [2.24, 2.45) is 11.8 Å². The van der Waals surface area contributed by atoms with Gasteiger partial charge in [-0.05, 0) is 43.7 Å². The summed E-state index contributed by atoms with van der Waals surface area (Å²) in [7, 11) is 0. The highest BCUT2D eigenvalue weighted by Crippen LogP contribution is 2.25. The van der Waals surface area contributed by atoms with Crippen molar-refractivity contribution in [2.45, 2.75) is 32.6 Å². The fourth-order valence-corrected chi connectivity index (χ4v) is 3.56. The maximum atomic E-state index is 12.8. The Hall–Kier alpha value is -2.11. The normalized spacial score (nSPS) is 22.5. The van der Waals surface area contributed by atoms with Gasteiger partial charge in [0.2, 0.25) is 5.91 Å². The number of amides is 2. The molecule has 0 spiro atoms. The maximum Gasteiger partial charge on any atom is 0.276 e. The summed E-state index contributed by atoms with van der Waals surface area (Å²) in [5.41, 5.74) is 0.0670. The van der Waals surface area contributed by atoms with Crippen molar-refractivity contribution in [3.8, 4) is 5.75 Å². The van der Waals surface area contributed by atoms with Crippen LogP contribution >= 0.6 is 0 Å². The van der Waals surface area contributed by atoms with Crippen LogP contribution in [0.1, 0.15) is 43.1 Å². The van der Waals surface area contributed by atoms with E-state index in [2.05, 4.69) is 11.9 Å². The van der Waals surface area contributed by atoms with Crippen molar-refractivity contribution in [3.63, 3.8) is 0 Å². The predicted octanol–water partition coefficient (Wildman–Crippen LogP) is 1.90. The number of piperidine rings is 2. The van der Waals surface area contributed by atoms with E-state index in [0.29, 0.717) is 19.0 Å². The van der Waals surface area contributed by atoms with Crippen LogP contribution in [0.4, 0.5) is 0 Å². The molecule has 24 heavy (non-hydrogen) atoms. The molecule has 1 aromatic rings. The summed E-state index contributed by atoms with van der Waals surface area (Å²) in [6, 6.07) is 3.05. The zero-order valence-electron chi connectivity index (χ0n) is 14.1. The van der Waals surface area contributed by atoms with Crippen LogP contribution in [-0.4, -0.2) is 57.9 Å². The molecule has 1 N–H and O–H groups in total. The highest BCUT2D eigenvalue weighted by Gasteiger charge is 2.33. The van der Waals surface area contributed by atoms with Crippen LogP contribution in [0.25, 0.3) is 0 Å². The molecule has 0 bridgehead atoms. The van der Waals surface area contributed by atoms with E-state index in [1.807, 2.05) is 4.90 Å². The zero-order valence-corrected chi connectivity index (χ0v) is 14.1. The first-order chi connectivity index (χ1) is 11.6. The summed E-state index contributed by atoms with van der Waals surface area (Å²) in [6.45, 7) is 4.90. The number of nitrogens with zero attached hydrogens (tertiary/aromatic N) is 3. The first-order valence-electron chi connectivity index (χ1n) is 8.78. The Morgan fingerprint density at radius 1 is 1.17 bits per heavy atom. The number of aromatic nitrogens is 1. The lowest BCUT2D eigenvalue weighted by Gasteiger charge is -2.37. The Bertz CT molecular complexity index is 611. The lowest BCUT2D eigenvalue weighted by molar-refractivity contribution is -0.138. The van der Waals surface area contributed by atoms with Crippen molar-refractivity contribution >= 4 is 11.8 Å². The fraction of sp³-hybridized carbons (Fsp3) is 0.611. The summed E-state index contributed by atoms with van der Waals surface area (Å²) in [5.74, 6) is 0.316.